The quantitative estimate of drug-likeness (QED) is 0.545. The highest BCUT2D eigenvalue weighted by atomic mass is 35.5. The fraction of sp³-hybridized carbons (Fsp3) is 0.474. The number of hydrogen-bond donors (Lipinski definition) is 0. The number of ether oxygens (including phenoxy) is 3. The molecule has 1 fully saturated rings. The Morgan fingerprint density at radius 2 is 1.68 bits per heavy atom. The Labute approximate surface area is 168 Å². The zero-order valence-corrected chi connectivity index (χ0v) is 16.6. The molecule has 0 aliphatic carbocycles. The lowest BCUT2D eigenvalue weighted by Gasteiger charge is -2.34. The molecular formula is C19H22ClN3O5. The predicted octanol–water partition coefficient (Wildman–Crippen LogP) is 1.70. The Balaban J connectivity index is 2.12. The van der Waals surface area contributed by atoms with E-state index < -0.39 is 17.5 Å². The van der Waals surface area contributed by atoms with Crippen LogP contribution in [0.2, 0.25) is 5.02 Å². The van der Waals surface area contributed by atoms with E-state index in [0.717, 1.165) is 0 Å². The van der Waals surface area contributed by atoms with E-state index in [1.807, 2.05) is 4.90 Å². The molecule has 150 valence electrons. The highest BCUT2D eigenvalue weighted by Gasteiger charge is 2.59. The van der Waals surface area contributed by atoms with Gasteiger partial charge in [-0.15, -0.1) is 0 Å². The topological polar surface area (TPSA) is 89.8 Å². The van der Waals surface area contributed by atoms with E-state index in [4.69, 9.17) is 25.8 Å². The zero-order chi connectivity index (χ0) is 20.1. The van der Waals surface area contributed by atoms with Gasteiger partial charge in [-0.25, -0.2) is 19.6 Å². The summed E-state index contributed by atoms with van der Waals surface area (Å²) in [7, 11) is 0. The molecule has 9 heteroatoms. The van der Waals surface area contributed by atoms with Gasteiger partial charge in [0, 0.05) is 23.7 Å². The number of carbonyl (C=O) groups excluding carboxylic acids is 2. The van der Waals surface area contributed by atoms with Crippen LogP contribution in [0.15, 0.2) is 34.3 Å². The van der Waals surface area contributed by atoms with Crippen molar-refractivity contribution in [2.75, 3.05) is 39.5 Å². The zero-order valence-electron chi connectivity index (χ0n) is 15.8. The summed E-state index contributed by atoms with van der Waals surface area (Å²) in [6.45, 7) is 5.40. The molecule has 1 saturated heterocycles. The minimum absolute atomic E-state index is 0.0994. The summed E-state index contributed by atoms with van der Waals surface area (Å²) in [5.74, 6) is -1.15. The smallest absolute Gasteiger partial charge is 0.354 e. The first-order chi connectivity index (χ1) is 13.5. The molecule has 0 saturated carbocycles. The number of morpholine rings is 1. The maximum atomic E-state index is 13.0. The van der Waals surface area contributed by atoms with Crippen LogP contribution in [0.4, 0.5) is 0 Å². The highest BCUT2D eigenvalue weighted by molar-refractivity contribution is 6.33. The molecule has 0 unspecified atom stereocenters. The lowest BCUT2D eigenvalue weighted by Crippen LogP contribution is -2.59. The number of rotatable bonds is 5. The fourth-order valence-electron chi connectivity index (χ4n) is 3.05. The third kappa shape index (κ3) is 3.74. The molecule has 3 rings (SSSR count). The minimum Gasteiger partial charge on any atom is -0.463 e. The van der Waals surface area contributed by atoms with Crippen LogP contribution in [0.25, 0.3) is 0 Å². The molecule has 2 aliphatic heterocycles. The van der Waals surface area contributed by atoms with Crippen LogP contribution in [-0.2, 0) is 23.8 Å². The van der Waals surface area contributed by atoms with Gasteiger partial charge in [0.05, 0.1) is 26.4 Å². The van der Waals surface area contributed by atoms with Crippen molar-refractivity contribution in [1.82, 2.24) is 4.90 Å². The van der Waals surface area contributed by atoms with E-state index in [1.54, 1.807) is 38.1 Å². The van der Waals surface area contributed by atoms with Crippen molar-refractivity contribution in [3.63, 3.8) is 0 Å². The number of hydrogen-bond acceptors (Lipinski definition) is 8. The highest BCUT2D eigenvalue weighted by Crippen LogP contribution is 2.29. The minimum atomic E-state index is -1.99. The van der Waals surface area contributed by atoms with Gasteiger partial charge in [0.1, 0.15) is 0 Å². The Morgan fingerprint density at radius 3 is 2.21 bits per heavy atom. The summed E-state index contributed by atoms with van der Waals surface area (Å²) in [5, 5.41) is 0.557. The van der Waals surface area contributed by atoms with E-state index in [-0.39, 0.29) is 24.9 Å². The number of amidine groups is 2. The number of aliphatic imine (C=N–C) groups is 2. The van der Waals surface area contributed by atoms with E-state index in [1.165, 1.54) is 0 Å². The predicted molar refractivity (Wildman–Crippen MR) is 104 cm³/mol. The maximum absolute atomic E-state index is 13.0. The Morgan fingerprint density at radius 1 is 1.11 bits per heavy atom. The van der Waals surface area contributed by atoms with Crippen LogP contribution in [-0.4, -0.2) is 73.6 Å². The van der Waals surface area contributed by atoms with Gasteiger partial charge < -0.3 is 19.1 Å². The summed E-state index contributed by atoms with van der Waals surface area (Å²) < 4.78 is 15.8. The first kappa shape index (κ1) is 20.3. The molecule has 2 heterocycles. The van der Waals surface area contributed by atoms with Gasteiger partial charge in [-0.1, -0.05) is 11.6 Å². The van der Waals surface area contributed by atoms with Crippen molar-refractivity contribution in [1.29, 1.82) is 0 Å². The van der Waals surface area contributed by atoms with Crippen molar-refractivity contribution >= 4 is 35.2 Å². The van der Waals surface area contributed by atoms with Crippen molar-refractivity contribution < 1.29 is 23.8 Å². The lowest BCUT2D eigenvalue weighted by atomic mass is 9.98. The van der Waals surface area contributed by atoms with Gasteiger partial charge in [0.15, 0.2) is 11.7 Å². The van der Waals surface area contributed by atoms with Gasteiger partial charge in [0.25, 0.3) is 0 Å². The summed E-state index contributed by atoms with van der Waals surface area (Å²) >= 11 is 5.96. The van der Waals surface area contributed by atoms with E-state index in [0.29, 0.717) is 36.9 Å². The summed E-state index contributed by atoms with van der Waals surface area (Å²) in [6, 6.07) is 6.85. The average Bonchev–Trinajstić information content (AvgIpc) is 3.11. The third-order valence-electron chi connectivity index (χ3n) is 4.36. The third-order valence-corrected chi connectivity index (χ3v) is 4.62. The molecule has 0 spiro atoms. The molecule has 0 amide bonds. The van der Waals surface area contributed by atoms with Crippen LogP contribution < -0.4 is 0 Å². The Bertz CT molecular complexity index is 782. The molecule has 2 aliphatic rings. The molecule has 0 aromatic heterocycles. The second kappa shape index (κ2) is 8.70. The number of benzene rings is 1. The molecule has 1 aromatic rings. The molecule has 1 aromatic carbocycles. The standard InChI is InChI=1S/C19H22ClN3O5/c1-3-27-17(24)19(18(25)28-4-2)16(23-9-11-26-12-10-23)21-15(22-19)13-5-7-14(20)8-6-13/h5-8H,3-4,9-12H2,1-2H3. The normalized spacial score (nSPS) is 18.3. The SMILES string of the molecule is CCOC(=O)C1(C(=O)OCC)N=C(c2ccc(Cl)cc2)N=C1N1CCOCC1. The summed E-state index contributed by atoms with van der Waals surface area (Å²) in [6.07, 6.45) is 0. The average molecular weight is 408 g/mol. The molecule has 0 atom stereocenters. The van der Waals surface area contributed by atoms with Crippen LogP contribution in [0.3, 0.4) is 0 Å². The van der Waals surface area contributed by atoms with Gasteiger partial charge >= 0.3 is 17.5 Å². The number of halogens is 1. The molecule has 0 bridgehead atoms. The fourth-order valence-corrected chi connectivity index (χ4v) is 3.17. The van der Waals surface area contributed by atoms with Crippen molar-refractivity contribution in [2.24, 2.45) is 9.98 Å². The van der Waals surface area contributed by atoms with Crippen molar-refractivity contribution in [2.45, 2.75) is 19.4 Å². The number of nitrogens with zero attached hydrogens (tertiary/aromatic N) is 3. The largest absolute Gasteiger partial charge is 0.463 e. The van der Waals surface area contributed by atoms with Gasteiger partial charge in [-0.05, 0) is 38.1 Å². The van der Waals surface area contributed by atoms with Crippen LogP contribution in [0, 0.1) is 0 Å². The Kier molecular flexibility index (Phi) is 6.31. The lowest BCUT2D eigenvalue weighted by molar-refractivity contribution is -0.160. The van der Waals surface area contributed by atoms with Gasteiger partial charge in [-0.3, -0.25) is 0 Å². The first-order valence-electron chi connectivity index (χ1n) is 9.15. The summed E-state index contributed by atoms with van der Waals surface area (Å²) in [4.78, 5) is 36.8. The molecule has 28 heavy (non-hydrogen) atoms. The molecule has 8 nitrogen and oxygen atoms in total. The molecular weight excluding hydrogens is 386 g/mol. The molecule has 0 N–H and O–H groups in total. The first-order valence-corrected chi connectivity index (χ1v) is 9.52. The van der Waals surface area contributed by atoms with Crippen molar-refractivity contribution in [3.8, 4) is 0 Å². The monoisotopic (exact) mass is 407 g/mol. The summed E-state index contributed by atoms with van der Waals surface area (Å²) in [5.41, 5.74) is -1.36. The Hall–Kier alpha value is -2.45. The second-order valence-corrected chi connectivity index (χ2v) is 6.56. The van der Waals surface area contributed by atoms with E-state index >= 15 is 0 Å². The van der Waals surface area contributed by atoms with Gasteiger partial charge in [-0.2, -0.15) is 0 Å². The second-order valence-electron chi connectivity index (χ2n) is 6.13. The number of esters is 2. The molecule has 0 radical (unpaired) electrons. The van der Waals surface area contributed by atoms with Crippen LogP contribution in [0.5, 0.6) is 0 Å². The maximum Gasteiger partial charge on any atom is 0.354 e. The van der Waals surface area contributed by atoms with Gasteiger partial charge in [0.2, 0.25) is 0 Å². The number of carbonyl (C=O) groups is 2. The van der Waals surface area contributed by atoms with Crippen LogP contribution >= 0.6 is 11.6 Å². The van der Waals surface area contributed by atoms with E-state index in [9.17, 15) is 9.59 Å². The van der Waals surface area contributed by atoms with E-state index in [2.05, 4.69) is 9.98 Å². The van der Waals surface area contributed by atoms with Crippen LogP contribution in [0.1, 0.15) is 19.4 Å². The van der Waals surface area contributed by atoms with Crippen molar-refractivity contribution in [3.05, 3.63) is 34.9 Å².